The highest BCUT2D eigenvalue weighted by molar-refractivity contribution is 5.95. The summed E-state index contributed by atoms with van der Waals surface area (Å²) in [5.74, 6) is 0.237. The molecule has 0 aliphatic carbocycles. The Bertz CT molecular complexity index is 647. The number of methoxy groups -OCH3 is 1. The summed E-state index contributed by atoms with van der Waals surface area (Å²) in [6.45, 7) is 3.72. The van der Waals surface area contributed by atoms with E-state index < -0.39 is 12.0 Å². The summed E-state index contributed by atoms with van der Waals surface area (Å²) < 4.78 is 10.4. The van der Waals surface area contributed by atoms with Crippen LogP contribution in [-0.4, -0.2) is 25.7 Å². The van der Waals surface area contributed by atoms with Crippen molar-refractivity contribution in [3.63, 3.8) is 0 Å². The fraction of sp³-hybridized carbons (Fsp3) is 0.294. The van der Waals surface area contributed by atoms with Crippen LogP contribution >= 0.6 is 0 Å². The second-order valence-electron chi connectivity index (χ2n) is 5.01. The zero-order valence-corrected chi connectivity index (χ0v) is 13.4. The Kier molecular flexibility index (Phi) is 5.41. The van der Waals surface area contributed by atoms with Gasteiger partial charge in [-0.15, -0.1) is 0 Å². The number of hydrogen-bond acceptors (Lipinski definition) is 4. The molecule has 2 rings (SSSR count). The summed E-state index contributed by atoms with van der Waals surface area (Å²) in [6, 6.07) is 6.26. The summed E-state index contributed by atoms with van der Waals surface area (Å²) in [5, 5.41) is 5.36. The Morgan fingerprint density at radius 3 is 2.61 bits per heavy atom. The van der Waals surface area contributed by atoms with Crippen LogP contribution in [0.5, 0.6) is 5.75 Å². The van der Waals surface area contributed by atoms with Crippen molar-refractivity contribution in [1.29, 1.82) is 0 Å². The highest BCUT2D eigenvalue weighted by atomic mass is 16.5. The smallest absolute Gasteiger partial charge is 0.338 e. The van der Waals surface area contributed by atoms with E-state index in [1.165, 1.54) is 0 Å². The minimum atomic E-state index is -0.562. The van der Waals surface area contributed by atoms with Crippen LogP contribution in [0.4, 0.5) is 4.79 Å². The van der Waals surface area contributed by atoms with Gasteiger partial charge < -0.3 is 20.1 Å². The highest BCUT2D eigenvalue weighted by Gasteiger charge is 2.32. The standard InChI is InChI=1S/C17H20N2O4/c1-4-5-10-23-16(20)14-11(2)18-17(21)19-15(14)12-6-8-13(22-3)9-7-12/h4-9,15H,10H2,1-3H3,(H2,18,19,21)/b5-4-/t15-/m0/s1. The number of hydrogen-bond donors (Lipinski definition) is 2. The first-order valence-electron chi connectivity index (χ1n) is 7.27. The molecule has 1 atom stereocenters. The van der Waals surface area contributed by atoms with E-state index in [9.17, 15) is 9.59 Å². The van der Waals surface area contributed by atoms with Gasteiger partial charge in [-0.05, 0) is 31.5 Å². The van der Waals surface area contributed by atoms with Crippen LogP contribution in [0.3, 0.4) is 0 Å². The number of amides is 2. The maximum absolute atomic E-state index is 12.4. The lowest BCUT2D eigenvalue weighted by Crippen LogP contribution is -2.45. The van der Waals surface area contributed by atoms with Gasteiger partial charge in [-0.2, -0.15) is 0 Å². The maximum Gasteiger partial charge on any atom is 0.338 e. The number of ether oxygens (including phenoxy) is 2. The number of nitrogens with one attached hydrogen (secondary N) is 2. The van der Waals surface area contributed by atoms with Gasteiger partial charge in [0.1, 0.15) is 12.4 Å². The van der Waals surface area contributed by atoms with Gasteiger partial charge in [0.15, 0.2) is 0 Å². The minimum Gasteiger partial charge on any atom is -0.497 e. The second-order valence-corrected chi connectivity index (χ2v) is 5.01. The Labute approximate surface area is 135 Å². The molecule has 0 saturated carbocycles. The zero-order valence-electron chi connectivity index (χ0n) is 13.4. The SMILES string of the molecule is C/C=C\COC(=O)C1=C(C)NC(=O)N[C@H]1c1ccc(OC)cc1. The molecule has 0 bridgehead atoms. The molecule has 1 aliphatic rings. The molecular weight excluding hydrogens is 296 g/mol. The number of esters is 1. The summed E-state index contributed by atoms with van der Waals surface area (Å²) in [5.41, 5.74) is 1.65. The van der Waals surface area contributed by atoms with E-state index in [0.29, 0.717) is 17.0 Å². The van der Waals surface area contributed by atoms with Crippen LogP contribution in [0.15, 0.2) is 47.7 Å². The summed E-state index contributed by atoms with van der Waals surface area (Å²) >= 11 is 0. The van der Waals surface area contributed by atoms with Crippen molar-refractivity contribution in [1.82, 2.24) is 10.6 Å². The number of rotatable bonds is 5. The Morgan fingerprint density at radius 2 is 2.00 bits per heavy atom. The predicted octanol–water partition coefficient (Wildman–Crippen LogP) is 2.44. The van der Waals surface area contributed by atoms with Crippen molar-refractivity contribution in [3.8, 4) is 5.75 Å². The topological polar surface area (TPSA) is 76.7 Å². The molecular formula is C17H20N2O4. The average Bonchev–Trinajstić information content (AvgIpc) is 2.54. The highest BCUT2D eigenvalue weighted by Crippen LogP contribution is 2.28. The number of urea groups is 1. The summed E-state index contributed by atoms with van der Waals surface area (Å²) in [4.78, 5) is 24.1. The first-order valence-corrected chi connectivity index (χ1v) is 7.27. The van der Waals surface area contributed by atoms with Gasteiger partial charge in [0.2, 0.25) is 0 Å². The Morgan fingerprint density at radius 1 is 1.30 bits per heavy atom. The molecule has 0 radical (unpaired) electrons. The predicted molar refractivity (Wildman–Crippen MR) is 85.9 cm³/mol. The van der Waals surface area contributed by atoms with Crippen molar-refractivity contribution >= 4 is 12.0 Å². The molecule has 0 spiro atoms. The molecule has 1 aromatic rings. The van der Waals surface area contributed by atoms with Gasteiger partial charge in [-0.25, -0.2) is 9.59 Å². The van der Waals surface area contributed by atoms with Gasteiger partial charge in [0.25, 0.3) is 0 Å². The van der Waals surface area contributed by atoms with E-state index in [0.717, 1.165) is 5.56 Å². The molecule has 1 heterocycles. The third kappa shape index (κ3) is 3.91. The van der Waals surface area contributed by atoms with Gasteiger partial charge in [0, 0.05) is 5.70 Å². The number of carbonyl (C=O) groups excluding carboxylic acids is 2. The third-order valence-corrected chi connectivity index (χ3v) is 3.48. The fourth-order valence-corrected chi connectivity index (χ4v) is 2.31. The van der Waals surface area contributed by atoms with Gasteiger partial charge in [0.05, 0.1) is 18.7 Å². The molecule has 6 heteroatoms. The summed E-state index contributed by atoms with van der Waals surface area (Å²) in [6.07, 6.45) is 3.54. The first-order chi connectivity index (χ1) is 11.1. The van der Waals surface area contributed by atoms with Crippen molar-refractivity contribution in [2.75, 3.05) is 13.7 Å². The third-order valence-electron chi connectivity index (χ3n) is 3.48. The number of benzene rings is 1. The van der Waals surface area contributed by atoms with E-state index in [1.54, 1.807) is 38.3 Å². The van der Waals surface area contributed by atoms with Crippen LogP contribution in [0, 0.1) is 0 Å². The van der Waals surface area contributed by atoms with Crippen LogP contribution in [-0.2, 0) is 9.53 Å². The van der Waals surface area contributed by atoms with E-state index in [-0.39, 0.29) is 12.6 Å². The second kappa shape index (κ2) is 7.49. The van der Waals surface area contributed by atoms with Crippen LogP contribution in [0.1, 0.15) is 25.5 Å². The Hall–Kier alpha value is -2.76. The van der Waals surface area contributed by atoms with E-state index >= 15 is 0 Å². The lowest BCUT2D eigenvalue weighted by atomic mass is 9.95. The van der Waals surface area contributed by atoms with Crippen molar-refractivity contribution in [3.05, 3.63) is 53.3 Å². The number of carbonyl (C=O) groups is 2. The summed E-state index contributed by atoms with van der Waals surface area (Å²) in [7, 11) is 1.58. The zero-order chi connectivity index (χ0) is 16.8. The molecule has 0 saturated heterocycles. The van der Waals surface area contributed by atoms with Crippen molar-refractivity contribution < 1.29 is 19.1 Å². The first kappa shape index (κ1) is 16.6. The molecule has 1 aliphatic heterocycles. The molecule has 2 amide bonds. The average molecular weight is 316 g/mol. The molecule has 0 aromatic heterocycles. The molecule has 6 nitrogen and oxygen atoms in total. The normalized spacial score (nSPS) is 17.7. The van der Waals surface area contributed by atoms with Crippen LogP contribution in [0.2, 0.25) is 0 Å². The van der Waals surface area contributed by atoms with Gasteiger partial charge >= 0.3 is 12.0 Å². The van der Waals surface area contributed by atoms with Crippen molar-refractivity contribution in [2.45, 2.75) is 19.9 Å². The minimum absolute atomic E-state index is 0.190. The Balaban J connectivity index is 2.31. The molecule has 23 heavy (non-hydrogen) atoms. The van der Waals surface area contributed by atoms with Crippen molar-refractivity contribution in [2.24, 2.45) is 0 Å². The molecule has 122 valence electrons. The largest absolute Gasteiger partial charge is 0.497 e. The molecule has 2 N–H and O–H groups in total. The molecule has 1 aromatic carbocycles. The van der Waals surface area contributed by atoms with Gasteiger partial charge in [-0.1, -0.05) is 24.3 Å². The quantitative estimate of drug-likeness (QED) is 0.646. The monoisotopic (exact) mass is 316 g/mol. The lowest BCUT2D eigenvalue weighted by Gasteiger charge is -2.28. The van der Waals surface area contributed by atoms with E-state index in [1.807, 2.05) is 19.1 Å². The van der Waals surface area contributed by atoms with E-state index in [2.05, 4.69) is 10.6 Å². The lowest BCUT2D eigenvalue weighted by molar-refractivity contribution is -0.138. The molecule has 0 fully saturated rings. The van der Waals surface area contributed by atoms with Crippen LogP contribution in [0.25, 0.3) is 0 Å². The fourth-order valence-electron chi connectivity index (χ4n) is 2.31. The van der Waals surface area contributed by atoms with Gasteiger partial charge in [-0.3, -0.25) is 0 Å². The van der Waals surface area contributed by atoms with Crippen LogP contribution < -0.4 is 15.4 Å². The number of allylic oxidation sites excluding steroid dienone is 2. The maximum atomic E-state index is 12.4. The molecule has 0 unspecified atom stereocenters. The van der Waals surface area contributed by atoms with E-state index in [4.69, 9.17) is 9.47 Å².